The highest BCUT2D eigenvalue weighted by Gasteiger charge is 2.40. The van der Waals surface area contributed by atoms with Crippen LogP contribution in [0.4, 0.5) is 5.69 Å². The first-order valence-corrected chi connectivity index (χ1v) is 9.78. The number of morpholine rings is 1. The van der Waals surface area contributed by atoms with E-state index in [1.807, 2.05) is 4.90 Å². The number of carboxylic acid groups (broad SMARTS) is 1. The fourth-order valence-corrected chi connectivity index (χ4v) is 4.57. The Labute approximate surface area is 167 Å². The van der Waals surface area contributed by atoms with E-state index in [1.165, 1.54) is 4.90 Å². The zero-order valence-electron chi connectivity index (χ0n) is 14.0. The summed E-state index contributed by atoms with van der Waals surface area (Å²) in [5.41, 5.74) is 1.21. The van der Waals surface area contributed by atoms with Crippen molar-refractivity contribution in [3.05, 3.63) is 33.1 Å². The summed E-state index contributed by atoms with van der Waals surface area (Å²) in [6.45, 7) is 1.90. The molecule has 27 heavy (non-hydrogen) atoms. The van der Waals surface area contributed by atoms with Gasteiger partial charge in [-0.2, -0.15) is 4.99 Å². The van der Waals surface area contributed by atoms with Crippen molar-refractivity contribution in [2.24, 2.45) is 4.99 Å². The van der Waals surface area contributed by atoms with Crippen LogP contribution in [0, 0.1) is 0 Å². The van der Waals surface area contributed by atoms with E-state index >= 15 is 0 Å². The average molecular weight is 452 g/mol. The Morgan fingerprint density at radius 2 is 2.04 bits per heavy atom. The Balaban J connectivity index is 1.75. The third-order valence-corrected chi connectivity index (χ3v) is 5.97. The number of benzene rings is 1. The zero-order valence-corrected chi connectivity index (χ0v) is 16.4. The molecule has 8 nitrogen and oxygen atoms in total. The number of carbonyl (C=O) groups is 3. The first-order chi connectivity index (χ1) is 13.0. The third kappa shape index (κ3) is 3.28. The summed E-state index contributed by atoms with van der Waals surface area (Å²) >= 11 is 4.53. The minimum absolute atomic E-state index is 0.203. The minimum atomic E-state index is -1.13. The number of carboxylic acids is 1. The molecular formula is C17H14BrN3O5S. The summed E-state index contributed by atoms with van der Waals surface area (Å²) in [5, 5.41) is 9.70. The van der Waals surface area contributed by atoms with Gasteiger partial charge in [-0.25, -0.2) is 0 Å². The Kier molecular flexibility index (Phi) is 4.79. The Morgan fingerprint density at radius 3 is 2.74 bits per heavy atom. The van der Waals surface area contributed by atoms with Crippen molar-refractivity contribution >= 4 is 61.9 Å². The van der Waals surface area contributed by atoms with Crippen molar-refractivity contribution in [2.45, 2.75) is 0 Å². The van der Waals surface area contributed by atoms with Crippen LogP contribution < -0.4 is 4.90 Å². The topological polar surface area (TPSA) is 99.5 Å². The quantitative estimate of drug-likeness (QED) is 0.680. The number of thioether (sulfide) groups is 1. The van der Waals surface area contributed by atoms with Crippen molar-refractivity contribution < 1.29 is 24.2 Å². The molecule has 1 aromatic rings. The van der Waals surface area contributed by atoms with Gasteiger partial charge in [-0.3, -0.25) is 19.3 Å². The molecule has 0 saturated carbocycles. The maximum absolute atomic E-state index is 13.0. The highest BCUT2D eigenvalue weighted by atomic mass is 79.9. The summed E-state index contributed by atoms with van der Waals surface area (Å²) in [4.78, 5) is 44.2. The molecule has 2 amide bonds. The van der Waals surface area contributed by atoms with Gasteiger partial charge < -0.3 is 14.7 Å². The van der Waals surface area contributed by atoms with E-state index in [9.17, 15) is 14.4 Å². The lowest BCUT2D eigenvalue weighted by molar-refractivity contribution is -0.136. The van der Waals surface area contributed by atoms with Crippen LogP contribution in [0.5, 0.6) is 0 Å². The normalized spacial score (nSPS) is 22.3. The fourth-order valence-electron chi connectivity index (χ4n) is 3.16. The zero-order chi connectivity index (χ0) is 19.1. The SMILES string of the molecule is O=C(O)CN1C(=O)/C(=C2/SC(N3CCOCC3)=NC2=O)c2cc(Br)ccc21. The Hall–Kier alpha value is -2.17. The van der Waals surface area contributed by atoms with Gasteiger partial charge in [0.15, 0.2) is 5.17 Å². The number of aliphatic carboxylic acids is 1. The maximum Gasteiger partial charge on any atom is 0.323 e. The molecule has 4 rings (SSSR count). The lowest BCUT2D eigenvalue weighted by Gasteiger charge is -2.27. The first-order valence-electron chi connectivity index (χ1n) is 8.17. The Bertz CT molecular complexity index is 923. The molecule has 0 radical (unpaired) electrons. The van der Waals surface area contributed by atoms with Crippen LogP contribution in [0.1, 0.15) is 5.56 Å². The molecule has 1 fully saturated rings. The average Bonchev–Trinajstić information content (AvgIpc) is 3.13. The van der Waals surface area contributed by atoms with E-state index in [4.69, 9.17) is 9.84 Å². The lowest BCUT2D eigenvalue weighted by atomic mass is 10.1. The second-order valence-electron chi connectivity index (χ2n) is 6.05. The van der Waals surface area contributed by atoms with E-state index in [0.717, 1.165) is 16.2 Å². The van der Waals surface area contributed by atoms with Crippen LogP contribution >= 0.6 is 27.7 Å². The van der Waals surface area contributed by atoms with Crippen LogP contribution in [-0.4, -0.2) is 65.8 Å². The monoisotopic (exact) mass is 451 g/mol. The molecule has 0 spiro atoms. The maximum atomic E-state index is 13.0. The van der Waals surface area contributed by atoms with Gasteiger partial charge in [0.25, 0.3) is 11.8 Å². The summed E-state index contributed by atoms with van der Waals surface area (Å²) in [6.07, 6.45) is 0. The largest absolute Gasteiger partial charge is 0.480 e. The standard InChI is InChI=1S/C17H14BrN3O5S/c18-9-1-2-11-10(7-9)13(16(25)21(11)8-12(22)23)14-15(24)19-17(27-14)20-3-5-26-6-4-20/h1-2,7H,3-6,8H2,(H,22,23)/b14-13+. The van der Waals surface area contributed by atoms with E-state index in [2.05, 4.69) is 20.9 Å². The van der Waals surface area contributed by atoms with Crippen molar-refractivity contribution in [1.29, 1.82) is 0 Å². The highest BCUT2D eigenvalue weighted by Crippen LogP contribution is 2.44. The molecule has 0 aromatic heterocycles. The molecule has 3 heterocycles. The smallest absolute Gasteiger partial charge is 0.323 e. The van der Waals surface area contributed by atoms with E-state index in [1.54, 1.807) is 18.2 Å². The van der Waals surface area contributed by atoms with Gasteiger partial charge in [0.05, 0.1) is 29.4 Å². The van der Waals surface area contributed by atoms with Gasteiger partial charge in [-0.15, -0.1) is 0 Å². The van der Waals surface area contributed by atoms with Crippen LogP contribution in [0.15, 0.2) is 32.6 Å². The van der Waals surface area contributed by atoms with Gasteiger partial charge in [0, 0.05) is 23.1 Å². The predicted molar refractivity (Wildman–Crippen MR) is 103 cm³/mol. The molecule has 1 aromatic carbocycles. The summed E-state index contributed by atoms with van der Waals surface area (Å²) in [7, 11) is 0. The predicted octanol–water partition coefficient (Wildman–Crippen LogP) is 1.55. The molecule has 0 bridgehead atoms. The molecule has 10 heteroatoms. The van der Waals surface area contributed by atoms with Gasteiger partial charge >= 0.3 is 5.97 Å². The molecule has 0 unspecified atom stereocenters. The lowest BCUT2D eigenvalue weighted by Crippen LogP contribution is -2.38. The molecule has 1 N–H and O–H groups in total. The number of ether oxygens (including phenoxy) is 1. The van der Waals surface area contributed by atoms with Gasteiger partial charge in [0.1, 0.15) is 6.54 Å². The van der Waals surface area contributed by atoms with E-state index in [0.29, 0.717) is 42.7 Å². The molecule has 1 saturated heterocycles. The second-order valence-corrected chi connectivity index (χ2v) is 7.94. The van der Waals surface area contributed by atoms with Gasteiger partial charge in [-0.05, 0) is 30.0 Å². The third-order valence-electron chi connectivity index (χ3n) is 4.36. The highest BCUT2D eigenvalue weighted by molar-refractivity contribution is 9.10. The number of hydrogen-bond donors (Lipinski definition) is 1. The van der Waals surface area contributed by atoms with Crippen LogP contribution in [0.3, 0.4) is 0 Å². The van der Waals surface area contributed by atoms with Crippen molar-refractivity contribution in [3.63, 3.8) is 0 Å². The number of rotatable bonds is 2. The van der Waals surface area contributed by atoms with Crippen molar-refractivity contribution in [1.82, 2.24) is 4.90 Å². The molecule has 3 aliphatic rings. The second kappa shape index (κ2) is 7.10. The number of carbonyl (C=O) groups excluding carboxylic acids is 2. The minimum Gasteiger partial charge on any atom is -0.480 e. The number of hydrogen-bond acceptors (Lipinski definition) is 6. The fraction of sp³-hybridized carbons (Fsp3) is 0.294. The first kappa shape index (κ1) is 18.2. The molecular weight excluding hydrogens is 438 g/mol. The number of nitrogens with zero attached hydrogens (tertiary/aromatic N) is 3. The van der Waals surface area contributed by atoms with Crippen molar-refractivity contribution in [2.75, 3.05) is 37.7 Å². The number of anilines is 1. The number of aliphatic imine (C=N–C) groups is 1. The van der Waals surface area contributed by atoms with Gasteiger partial charge in [-0.1, -0.05) is 15.9 Å². The summed E-state index contributed by atoms with van der Waals surface area (Å²) in [5.74, 6) is -2.10. The van der Waals surface area contributed by atoms with Crippen molar-refractivity contribution in [3.8, 4) is 0 Å². The van der Waals surface area contributed by atoms with Gasteiger partial charge in [0.2, 0.25) is 0 Å². The molecule has 0 atom stereocenters. The molecule has 0 aliphatic carbocycles. The molecule has 140 valence electrons. The number of amides is 2. The van der Waals surface area contributed by atoms with Crippen LogP contribution in [-0.2, 0) is 19.1 Å². The van der Waals surface area contributed by atoms with Crippen LogP contribution in [0.25, 0.3) is 5.57 Å². The Morgan fingerprint density at radius 1 is 1.30 bits per heavy atom. The van der Waals surface area contributed by atoms with E-state index < -0.39 is 24.3 Å². The number of fused-ring (bicyclic) bond motifs is 1. The molecule has 3 aliphatic heterocycles. The summed E-state index contributed by atoms with van der Waals surface area (Å²) < 4.78 is 6.05. The number of amidine groups is 1. The van der Waals surface area contributed by atoms with E-state index in [-0.39, 0.29) is 10.5 Å². The van der Waals surface area contributed by atoms with Crippen LogP contribution in [0.2, 0.25) is 0 Å². The summed E-state index contributed by atoms with van der Waals surface area (Å²) in [6, 6.07) is 5.12. The number of halogens is 1.